The van der Waals surface area contributed by atoms with Crippen LogP contribution in [0.1, 0.15) is 53.0 Å². The van der Waals surface area contributed by atoms with Crippen LogP contribution in [0.5, 0.6) is 0 Å². The number of rotatable bonds is 5. The SMILES string of the molecule is COC(C)(C(=O)NC1CCCc2[nH]c(=O)c(C(N)=O)cc21)c1ccccc1F. The molecule has 0 bridgehead atoms. The van der Waals surface area contributed by atoms with Crippen molar-refractivity contribution in [2.75, 3.05) is 7.11 Å². The van der Waals surface area contributed by atoms with Crippen molar-refractivity contribution in [3.8, 4) is 0 Å². The summed E-state index contributed by atoms with van der Waals surface area (Å²) in [6.45, 7) is 1.49. The topological polar surface area (TPSA) is 114 Å². The predicted molar refractivity (Wildman–Crippen MR) is 100 cm³/mol. The number of carbonyl (C=O) groups excluding carboxylic acids is 2. The lowest BCUT2D eigenvalue weighted by Crippen LogP contribution is -2.46. The van der Waals surface area contributed by atoms with Crippen LogP contribution in [0.15, 0.2) is 35.1 Å². The number of aryl methyl sites for hydroxylation is 1. The average molecular weight is 387 g/mol. The summed E-state index contributed by atoms with van der Waals surface area (Å²) in [6, 6.07) is 6.88. The van der Waals surface area contributed by atoms with Crippen molar-refractivity contribution >= 4 is 11.8 Å². The molecule has 0 saturated carbocycles. The Morgan fingerprint density at radius 1 is 1.36 bits per heavy atom. The Labute approximate surface area is 161 Å². The van der Waals surface area contributed by atoms with Crippen LogP contribution in [0, 0.1) is 5.82 Å². The van der Waals surface area contributed by atoms with Gasteiger partial charge in [0.05, 0.1) is 6.04 Å². The number of hydrogen-bond acceptors (Lipinski definition) is 4. The van der Waals surface area contributed by atoms with Crippen LogP contribution in [-0.2, 0) is 21.6 Å². The first-order valence-electron chi connectivity index (χ1n) is 8.95. The summed E-state index contributed by atoms with van der Waals surface area (Å²) in [5.41, 5.74) is 4.40. The van der Waals surface area contributed by atoms with Gasteiger partial charge < -0.3 is 20.8 Å². The van der Waals surface area contributed by atoms with Crippen LogP contribution in [0.25, 0.3) is 0 Å². The number of aromatic amines is 1. The molecule has 28 heavy (non-hydrogen) atoms. The molecule has 1 aromatic carbocycles. The first kappa shape index (κ1) is 19.8. The van der Waals surface area contributed by atoms with Crippen molar-refractivity contribution in [2.24, 2.45) is 5.73 Å². The van der Waals surface area contributed by atoms with Gasteiger partial charge >= 0.3 is 0 Å². The maximum absolute atomic E-state index is 14.3. The van der Waals surface area contributed by atoms with Crippen molar-refractivity contribution < 1.29 is 18.7 Å². The van der Waals surface area contributed by atoms with Gasteiger partial charge in [-0.3, -0.25) is 14.4 Å². The molecule has 2 unspecified atom stereocenters. The highest BCUT2D eigenvalue weighted by Crippen LogP contribution is 2.32. The predicted octanol–water partition coefficient (Wildman–Crippen LogP) is 1.67. The third kappa shape index (κ3) is 3.43. The Balaban J connectivity index is 1.95. The number of nitrogens with two attached hydrogens (primary N) is 1. The normalized spacial score (nSPS) is 18.0. The number of pyridine rings is 1. The summed E-state index contributed by atoms with van der Waals surface area (Å²) in [6.07, 6.45) is 1.94. The highest BCUT2D eigenvalue weighted by molar-refractivity contribution is 5.92. The molecule has 4 N–H and O–H groups in total. The van der Waals surface area contributed by atoms with E-state index in [1.807, 2.05) is 0 Å². The Bertz CT molecular complexity index is 988. The van der Waals surface area contributed by atoms with Crippen LogP contribution in [0.3, 0.4) is 0 Å². The number of H-pyrrole nitrogens is 1. The number of primary amides is 1. The first-order valence-corrected chi connectivity index (χ1v) is 8.95. The molecular weight excluding hydrogens is 365 g/mol. The lowest BCUT2D eigenvalue weighted by atomic mass is 9.88. The van der Waals surface area contributed by atoms with E-state index in [1.165, 1.54) is 38.3 Å². The number of hydrogen-bond donors (Lipinski definition) is 3. The molecule has 7 nitrogen and oxygen atoms in total. The number of methoxy groups -OCH3 is 1. The standard InChI is InChI=1S/C20H22FN3O4/c1-20(28-2,13-6-3-4-7-14(13)21)19(27)24-16-9-5-8-15-11(16)10-12(17(22)25)18(26)23-15/h3-4,6-7,10,16H,5,8-9H2,1-2H3,(H2,22,25)(H,23,26)(H,24,27). The van der Waals surface area contributed by atoms with Gasteiger partial charge in [-0.25, -0.2) is 4.39 Å². The number of aromatic nitrogens is 1. The zero-order valence-electron chi connectivity index (χ0n) is 15.7. The van der Waals surface area contributed by atoms with Crippen molar-refractivity contribution in [3.05, 3.63) is 68.9 Å². The number of amides is 2. The van der Waals surface area contributed by atoms with Crippen molar-refractivity contribution in [2.45, 2.75) is 37.8 Å². The Kier molecular flexibility index (Phi) is 5.33. The largest absolute Gasteiger partial charge is 0.365 e. The highest BCUT2D eigenvalue weighted by atomic mass is 19.1. The van der Waals surface area contributed by atoms with E-state index in [4.69, 9.17) is 10.5 Å². The van der Waals surface area contributed by atoms with Crippen LogP contribution in [-0.4, -0.2) is 23.9 Å². The number of nitrogens with one attached hydrogen (secondary N) is 2. The summed E-state index contributed by atoms with van der Waals surface area (Å²) in [7, 11) is 1.34. The summed E-state index contributed by atoms with van der Waals surface area (Å²) < 4.78 is 19.7. The van der Waals surface area contributed by atoms with E-state index in [-0.39, 0.29) is 11.1 Å². The second-order valence-electron chi connectivity index (χ2n) is 6.95. The van der Waals surface area contributed by atoms with Crippen LogP contribution >= 0.6 is 0 Å². The lowest BCUT2D eigenvalue weighted by Gasteiger charge is -2.32. The quantitative estimate of drug-likeness (QED) is 0.724. The van der Waals surface area contributed by atoms with Gasteiger partial charge in [0.1, 0.15) is 11.4 Å². The molecule has 0 radical (unpaired) electrons. The molecule has 0 saturated heterocycles. The van der Waals surface area contributed by atoms with E-state index >= 15 is 0 Å². The molecular formula is C20H22FN3O4. The third-order valence-electron chi connectivity index (χ3n) is 5.25. The molecule has 2 amide bonds. The minimum atomic E-state index is -1.54. The minimum Gasteiger partial charge on any atom is -0.365 e. The van der Waals surface area contributed by atoms with Crippen LogP contribution < -0.4 is 16.6 Å². The number of ether oxygens (including phenoxy) is 1. The zero-order valence-corrected chi connectivity index (χ0v) is 15.7. The molecule has 8 heteroatoms. The van der Waals surface area contributed by atoms with Gasteiger partial charge in [-0.15, -0.1) is 0 Å². The second-order valence-corrected chi connectivity index (χ2v) is 6.95. The summed E-state index contributed by atoms with van der Waals surface area (Å²) in [4.78, 5) is 39.2. The molecule has 1 aromatic heterocycles. The molecule has 148 valence electrons. The molecule has 1 aliphatic rings. The number of carbonyl (C=O) groups is 2. The molecule has 1 heterocycles. The molecule has 0 spiro atoms. The van der Waals surface area contributed by atoms with Gasteiger partial charge in [-0.2, -0.15) is 0 Å². The highest BCUT2D eigenvalue weighted by Gasteiger charge is 2.39. The molecule has 2 aromatic rings. The molecule has 2 atom stereocenters. The maximum Gasteiger partial charge on any atom is 0.261 e. The van der Waals surface area contributed by atoms with Gasteiger partial charge in [0.25, 0.3) is 17.4 Å². The molecule has 0 fully saturated rings. The number of fused-ring (bicyclic) bond motifs is 1. The van der Waals surface area contributed by atoms with Gasteiger partial charge in [0.2, 0.25) is 0 Å². The Morgan fingerprint density at radius 2 is 2.07 bits per heavy atom. The molecule has 1 aliphatic carbocycles. The van der Waals surface area contributed by atoms with Crippen LogP contribution in [0.4, 0.5) is 4.39 Å². The summed E-state index contributed by atoms with van der Waals surface area (Å²) in [5.74, 6) is -1.91. The van der Waals surface area contributed by atoms with Crippen LogP contribution in [0.2, 0.25) is 0 Å². The zero-order chi connectivity index (χ0) is 20.5. The maximum atomic E-state index is 14.3. The fourth-order valence-electron chi connectivity index (χ4n) is 3.54. The van der Waals surface area contributed by atoms with Crippen molar-refractivity contribution in [3.63, 3.8) is 0 Å². The average Bonchev–Trinajstić information content (AvgIpc) is 2.67. The van der Waals surface area contributed by atoms with E-state index in [2.05, 4.69) is 10.3 Å². The smallest absolute Gasteiger partial charge is 0.261 e. The molecule has 3 rings (SSSR count). The van der Waals surface area contributed by atoms with E-state index in [0.29, 0.717) is 24.1 Å². The van der Waals surface area contributed by atoms with Gasteiger partial charge in [-0.1, -0.05) is 18.2 Å². The summed E-state index contributed by atoms with van der Waals surface area (Å²) >= 11 is 0. The minimum absolute atomic E-state index is 0.116. The Hall–Kier alpha value is -3.00. The monoisotopic (exact) mass is 387 g/mol. The van der Waals surface area contributed by atoms with Crippen molar-refractivity contribution in [1.82, 2.24) is 10.3 Å². The Morgan fingerprint density at radius 3 is 2.71 bits per heavy atom. The summed E-state index contributed by atoms with van der Waals surface area (Å²) in [5, 5.41) is 2.87. The van der Waals surface area contributed by atoms with E-state index < -0.39 is 34.8 Å². The number of benzene rings is 1. The first-order chi connectivity index (χ1) is 13.3. The fourth-order valence-corrected chi connectivity index (χ4v) is 3.54. The van der Waals surface area contributed by atoms with E-state index in [9.17, 15) is 18.8 Å². The fraction of sp³-hybridized carbons (Fsp3) is 0.350. The second kappa shape index (κ2) is 7.55. The van der Waals surface area contributed by atoms with E-state index in [0.717, 1.165) is 6.42 Å². The lowest BCUT2D eigenvalue weighted by molar-refractivity contribution is -0.144. The van der Waals surface area contributed by atoms with E-state index in [1.54, 1.807) is 6.07 Å². The van der Waals surface area contributed by atoms with Gasteiger partial charge in [0.15, 0.2) is 5.60 Å². The van der Waals surface area contributed by atoms with Crippen molar-refractivity contribution in [1.29, 1.82) is 0 Å². The third-order valence-corrected chi connectivity index (χ3v) is 5.25. The number of halogens is 1. The molecule has 0 aliphatic heterocycles. The van der Waals surface area contributed by atoms with Gasteiger partial charge in [0, 0.05) is 18.4 Å². The van der Waals surface area contributed by atoms with Gasteiger partial charge in [-0.05, 0) is 43.9 Å².